The zero-order chi connectivity index (χ0) is 13.9. The van der Waals surface area contributed by atoms with Crippen molar-refractivity contribution in [2.75, 3.05) is 19.6 Å². The molecule has 18 heavy (non-hydrogen) atoms. The Morgan fingerprint density at radius 3 is 2.17 bits per heavy atom. The first kappa shape index (κ1) is 14.9. The summed E-state index contributed by atoms with van der Waals surface area (Å²) < 4.78 is 0. The van der Waals surface area contributed by atoms with Gasteiger partial charge in [0.05, 0.1) is 12.2 Å². The Kier molecular flexibility index (Phi) is 4.70. The van der Waals surface area contributed by atoms with Crippen LogP contribution < -0.4 is 5.32 Å². The summed E-state index contributed by atoms with van der Waals surface area (Å²) in [7, 11) is 0. The van der Waals surface area contributed by atoms with Gasteiger partial charge in [-0.25, -0.2) is 0 Å². The van der Waals surface area contributed by atoms with Gasteiger partial charge in [0.1, 0.15) is 0 Å². The van der Waals surface area contributed by atoms with Gasteiger partial charge in [0.15, 0.2) is 0 Å². The second-order valence-electron chi connectivity index (χ2n) is 5.69. The summed E-state index contributed by atoms with van der Waals surface area (Å²) >= 11 is 0. The Hall–Kier alpha value is -1.14. The molecule has 0 bridgehead atoms. The van der Waals surface area contributed by atoms with Gasteiger partial charge >= 0.3 is 0 Å². The number of aliphatic hydroxyl groups is 2. The normalized spacial score (nSPS) is 24.2. The van der Waals surface area contributed by atoms with Crippen LogP contribution in [0, 0.1) is 5.41 Å². The highest BCUT2D eigenvalue weighted by atomic mass is 16.3. The zero-order valence-electron chi connectivity index (χ0n) is 11.1. The summed E-state index contributed by atoms with van der Waals surface area (Å²) in [5.74, 6) is -0.267. The molecule has 1 aliphatic rings. The van der Waals surface area contributed by atoms with Crippen molar-refractivity contribution >= 4 is 11.8 Å². The molecule has 3 N–H and O–H groups in total. The van der Waals surface area contributed by atoms with Crippen LogP contribution in [0.3, 0.4) is 0 Å². The number of carbonyl (C=O) groups excluding carboxylic acids is 2. The van der Waals surface area contributed by atoms with E-state index in [2.05, 4.69) is 5.32 Å². The van der Waals surface area contributed by atoms with Gasteiger partial charge in [-0.05, 0) is 0 Å². The first-order valence-corrected chi connectivity index (χ1v) is 6.14. The number of amides is 2. The van der Waals surface area contributed by atoms with Gasteiger partial charge in [0.2, 0.25) is 11.8 Å². The van der Waals surface area contributed by atoms with E-state index in [1.54, 1.807) is 20.8 Å². The van der Waals surface area contributed by atoms with Gasteiger partial charge in [0.25, 0.3) is 0 Å². The number of nitrogens with one attached hydrogen (secondary N) is 1. The minimum absolute atomic E-state index is 0.100. The van der Waals surface area contributed by atoms with Crippen molar-refractivity contribution in [2.24, 2.45) is 5.41 Å². The van der Waals surface area contributed by atoms with Crippen molar-refractivity contribution in [2.45, 2.75) is 39.4 Å². The molecule has 2 atom stereocenters. The highest BCUT2D eigenvalue weighted by molar-refractivity contribution is 5.82. The molecule has 0 spiro atoms. The predicted octanol–water partition coefficient (Wildman–Crippen LogP) is -0.897. The van der Waals surface area contributed by atoms with E-state index in [0.29, 0.717) is 0 Å². The van der Waals surface area contributed by atoms with Crippen LogP contribution in [0.15, 0.2) is 0 Å². The Labute approximate surface area is 107 Å². The molecule has 1 aliphatic heterocycles. The van der Waals surface area contributed by atoms with E-state index in [9.17, 15) is 19.8 Å². The lowest BCUT2D eigenvalue weighted by Gasteiger charge is -2.19. The molecule has 2 amide bonds. The van der Waals surface area contributed by atoms with Crippen molar-refractivity contribution in [3.8, 4) is 0 Å². The fourth-order valence-corrected chi connectivity index (χ4v) is 1.68. The number of hydrogen-bond acceptors (Lipinski definition) is 4. The molecule has 6 heteroatoms. The quantitative estimate of drug-likeness (QED) is 0.612. The van der Waals surface area contributed by atoms with Crippen LogP contribution in [0.25, 0.3) is 0 Å². The summed E-state index contributed by atoms with van der Waals surface area (Å²) in [6.45, 7) is 6.00. The van der Waals surface area contributed by atoms with E-state index in [4.69, 9.17) is 0 Å². The number of carbonyl (C=O) groups is 2. The molecule has 6 nitrogen and oxygen atoms in total. The van der Waals surface area contributed by atoms with Gasteiger partial charge in [-0.1, -0.05) is 20.8 Å². The van der Waals surface area contributed by atoms with Gasteiger partial charge < -0.3 is 20.4 Å². The van der Waals surface area contributed by atoms with Gasteiger partial charge in [-0.3, -0.25) is 9.59 Å². The van der Waals surface area contributed by atoms with Crippen LogP contribution in [-0.4, -0.2) is 58.8 Å². The van der Waals surface area contributed by atoms with Crippen LogP contribution >= 0.6 is 0 Å². The minimum atomic E-state index is -0.863. The van der Waals surface area contributed by atoms with Gasteiger partial charge in [-0.15, -0.1) is 0 Å². The molecule has 1 heterocycles. The first-order chi connectivity index (χ1) is 8.21. The van der Waals surface area contributed by atoms with Gasteiger partial charge in [-0.2, -0.15) is 0 Å². The number of nitrogens with zero attached hydrogens (tertiary/aromatic N) is 1. The Bertz CT molecular complexity index is 315. The number of rotatable bonds is 3. The molecule has 0 radical (unpaired) electrons. The third kappa shape index (κ3) is 3.96. The van der Waals surface area contributed by atoms with Crippen molar-refractivity contribution in [1.82, 2.24) is 10.2 Å². The number of aliphatic hydroxyl groups excluding tert-OH is 2. The monoisotopic (exact) mass is 258 g/mol. The highest BCUT2D eigenvalue weighted by Crippen LogP contribution is 2.13. The van der Waals surface area contributed by atoms with Crippen LogP contribution in [0.2, 0.25) is 0 Å². The molecule has 1 saturated heterocycles. The zero-order valence-corrected chi connectivity index (χ0v) is 11.1. The number of likely N-dealkylation sites (tertiary alicyclic amines) is 1. The van der Waals surface area contributed by atoms with E-state index >= 15 is 0 Å². The first-order valence-electron chi connectivity index (χ1n) is 6.14. The molecule has 0 aromatic carbocycles. The van der Waals surface area contributed by atoms with E-state index in [-0.39, 0.29) is 37.9 Å². The second kappa shape index (κ2) is 5.67. The average molecular weight is 258 g/mol. The summed E-state index contributed by atoms with van der Waals surface area (Å²) in [6.07, 6.45) is -1.54. The third-order valence-corrected chi connectivity index (χ3v) is 2.92. The summed E-state index contributed by atoms with van der Waals surface area (Å²) in [5.41, 5.74) is -0.469. The van der Waals surface area contributed by atoms with Crippen LogP contribution in [0.5, 0.6) is 0 Å². The lowest BCUT2D eigenvalue weighted by atomic mass is 9.96. The number of β-amino-alcohol motifs (C(OH)–C–C–N with tert-alkyl or cyclic N) is 2. The Balaban J connectivity index is 2.28. The smallest absolute Gasteiger partial charge is 0.225 e. The fraction of sp³-hybridized carbons (Fsp3) is 0.833. The SMILES string of the molecule is CC(C)(C)C(=O)NCCC(=O)N1C[C@@H](O)[C@@H](O)C1. The lowest BCUT2D eigenvalue weighted by molar-refractivity contribution is -0.131. The minimum Gasteiger partial charge on any atom is -0.388 e. The topological polar surface area (TPSA) is 89.9 Å². The highest BCUT2D eigenvalue weighted by Gasteiger charge is 2.32. The molecule has 104 valence electrons. The molecule has 1 fully saturated rings. The lowest BCUT2D eigenvalue weighted by Crippen LogP contribution is -2.38. The predicted molar refractivity (Wildman–Crippen MR) is 65.7 cm³/mol. The van der Waals surface area contributed by atoms with Crippen LogP contribution in [0.4, 0.5) is 0 Å². The molecule has 0 aromatic rings. The molecule has 0 unspecified atom stereocenters. The van der Waals surface area contributed by atoms with E-state index in [0.717, 1.165) is 0 Å². The van der Waals surface area contributed by atoms with Crippen LogP contribution in [0.1, 0.15) is 27.2 Å². The van der Waals surface area contributed by atoms with Crippen molar-refractivity contribution in [3.05, 3.63) is 0 Å². The van der Waals surface area contributed by atoms with Crippen LogP contribution in [-0.2, 0) is 9.59 Å². The van der Waals surface area contributed by atoms with Crippen molar-refractivity contribution < 1.29 is 19.8 Å². The maximum absolute atomic E-state index is 11.7. The summed E-state index contributed by atoms with van der Waals surface area (Å²) in [6, 6.07) is 0. The van der Waals surface area contributed by atoms with Crippen molar-refractivity contribution in [3.63, 3.8) is 0 Å². The fourth-order valence-electron chi connectivity index (χ4n) is 1.68. The maximum Gasteiger partial charge on any atom is 0.225 e. The van der Waals surface area contributed by atoms with Crippen molar-refractivity contribution in [1.29, 1.82) is 0 Å². The largest absolute Gasteiger partial charge is 0.388 e. The molecule has 0 saturated carbocycles. The van der Waals surface area contributed by atoms with Gasteiger partial charge in [0, 0.05) is 31.5 Å². The van der Waals surface area contributed by atoms with E-state index < -0.39 is 17.6 Å². The number of hydrogen-bond donors (Lipinski definition) is 3. The summed E-state index contributed by atoms with van der Waals surface area (Å²) in [4.78, 5) is 24.7. The molecule has 0 aromatic heterocycles. The second-order valence-corrected chi connectivity index (χ2v) is 5.69. The molecule has 1 rings (SSSR count). The van der Waals surface area contributed by atoms with E-state index in [1.807, 2.05) is 0 Å². The molecular formula is C12H22N2O4. The maximum atomic E-state index is 11.7. The summed E-state index contributed by atoms with van der Waals surface area (Å²) in [5, 5.41) is 21.3. The standard InChI is InChI=1S/C12H22N2O4/c1-12(2,3)11(18)13-5-4-10(17)14-6-8(15)9(16)7-14/h8-9,15-16H,4-7H2,1-3H3,(H,13,18)/t8-,9+. The average Bonchev–Trinajstić information content (AvgIpc) is 2.57. The Morgan fingerprint density at radius 1 is 1.22 bits per heavy atom. The third-order valence-electron chi connectivity index (χ3n) is 2.92. The molecular weight excluding hydrogens is 236 g/mol. The van der Waals surface area contributed by atoms with E-state index in [1.165, 1.54) is 4.90 Å². The molecule has 0 aliphatic carbocycles. The Morgan fingerprint density at radius 2 is 1.72 bits per heavy atom.